The maximum absolute atomic E-state index is 5.51. The van der Waals surface area contributed by atoms with Crippen LogP contribution in [0.25, 0.3) is 0 Å². The number of hydrogen-bond acceptors (Lipinski definition) is 3. The molecule has 3 heteroatoms. The largest absolute Gasteiger partial charge is 0.380 e. The molecule has 0 bridgehead atoms. The zero-order valence-electron chi connectivity index (χ0n) is 9.75. The van der Waals surface area contributed by atoms with Gasteiger partial charge in [-0.15, -0.1) is 0 Å². The van der Waals surface area contributed by atoms with Crippen LogP contribution in [0.4, 0.5) is 0 Å². The van der Waals surface area contributed by atoms with E-state index in [4.69, 9.17) is 9.47 Å². The fraction of sp³-hybridized carbons (Fsp3) is 1.00. The Bertz CT molecular complexity index is 163. The molecule has 14 heavy (non-hydrogen) atoms. The second kappa shape index (κ2) is 5.69. The van der Waals surface area contributed by atoms with Gasteiger partial charge in [-0.1, -0.05) is 0 Å². The van der Waals surface area contributed by atoms with Crippen LogP contribution < -0.4 is 5.32 Å². The van der Waals surface area contributed by atoms with Gasteiger partial charge in [0.15, 0.2) is 0 Å². The van der Waals surface area contributed by atoms with Crippen LogP contribution in [0, 0.1) is 5.92 Å². The first-order chi connectivity index (χ1) is 6.65. The summed E-state index contributed by atoms with van der Waals surface area (Å²) in [5, 5.41) is 3.50. The molecule has 0 aliphatic carbocycles. The standard InChI is InChI=1S/C11H23NO2/c1-8(9(2)13-4)12-7-11-5-6-14-10(11)3/h8-12H,5-7H2,1-4H3. The molecule has 84 valence electrons. The Morgan fingerprint density at radius 2 is 2.21 bits per heavy atom. The molecule has 1 aliphatic heterocycles. The van der Waals surface area contributed by atoms with Crippen molar-refractivity contribution in [1.29, 1.82) is 0 Å². The number of nitrogens with one attached hydrogen (secondary N) is 1. The molecule has 0 aromatic carbocycles. The molecule has 1 saturated heterocycles. The molecule has 1 heterocycles. The Hall–Kier alpha value is -0.120. The molecule has 0 aromatic rings. The average molecular weight is 201 g/mol. The normalized spacial score (nSPS) is 31.7. The Labute approximate surface area is 87.2 Å². The van der Waals surface area contributed by atoms with Crippen LogP contribution in [0.1, 0.15) is 27.2 Å². The lowest BCUT2D eigenvalue weighted by Gasteiger charge is -2.23. The van der Waals surface area contributed by atoms with Gasteiger partial charge < -0.3 is 14.8 Å². The minimum absolute atomic E-state index is 0.271. The molecular formula is C11H23NO2. The van der Waals surface area contributed by atoms with Crippen molar-refractivity contribution in [3.63, 3.8) is 0 Å². The summed E-state index contributed by atoms with van der Waals surface area (Å²) in [4.78, 5) is 0. The van der Waals surface area contributed by atoms with Crippen molar-refractivity contribution in [1.82, 2.24) is 5.32 Å². The van der Waals surface area contributed by atoms with Gasteiger partial charge in [-0.2, -0.15) is 0 Å². The smallest absolute Gasteiger partial charge is 0.0693 e. The van der Waals surface area contributed by atoms with E-state index in [1.165, 1.54) is 6.42 Å². The molecular weight excluding hydrogens is 178 g/mol. The van der Waals surface area contributed by atoms with Crippen LogP contribution in [-0.2, 0) is 9.47 Å². The van der Waals surface area contributed by atoms with Crippen molar-refractivity contribution in [2.24, 2.45) is 5.92 Å². The van der Waals surface area contributed by atoms with Gasteiger partial charge in [0.05, 0.1) is 12.2 Å². The SMILES string of the molecule is COC(C)C(C)NCC1CCOC1C. The Morgan fingerprint density at radius 1 is 1.50 bits per heavy atom. The van der Waals surface area contributed by atoms with Gasteiger partial charge in [0.1, 0.15) is 0 Å². The molecule has 0 spiro atoms. The van der Waals surface area contributed by atoms with E-state index in [2.05, 4.69) is 26.1 Å². The molecule has 0 aromatic heterocycles. The number of hydrogen-bond donors (Lipinski definition) is 1. The van der Waals surface area contributed by atoms with Crippen molar-refractivity contribution in [2.45, 2.75) is 45.4 Å². The van der Waals surface area contributed by atoms with E-state index in [-0.39, 0.29) is 6.10 Å². The zero-order valence-corrected chi connectivity index (χ0v) is 9.75. The first-order valence-electron chi connectivity index (χ1n) is 5.53. The van der Waals surface area contributed by atoms with E-state index in [1.54, 1.807) is 7.11 Å². The number of methoxy groups -OCH3 is 1. The Morgan fingerprint density at radius 3 is 2.71 bits per heavy atom. The molecule has 4 atom stereocenters. The summed E-state index contributed by atoms with van der Waals surface area (Å²) < 4.78 is 10.8. The third-order valence-electron chi connectivity index (χ3n) is 3.31. The number of rotatable bonds is 5. The van der Waals surface area contributed by atoms with Crippen LogP contribution in [0.2, 0.25) is 0 Å². The van der Waals surface area contributed by atoms with E-state index in [0.29, 0.717) is 18.1 Å². The molecule has 0 amide bonds. The van der Waals surface area contributed by atoms with Gasteiger partial charge in [-0.3, -0.25) is 0 Å². The summed E-state index contributed by atoms with van der Waals surface area (Å²) >= 11 is 0. The Kier molecular flexibility index (Phi) is 4.85. The van der Waals surface area contributed by atoms with Crippen molar-refractivity contribution in [3.8, 4) is 0 Å². The summed E-state index contributed by atoms with van der Waals surface area (Å²) in [6, 6.07) is 0.410. The predicted octanol–water partition coefficient (Wildman–Crippen LogP) is 1.42. The van der Waals surface area contributed by atoms with Crippen LogP contribution in [-0.4, -0.2) is 38.5 Å². The fourth-order valence-electron chi connectivity index (χ4n) is 1.75. The molecule has 4 unspecified atom stereocenters. The van der Waals surface area contributed by atoms with Gasteiger partial charge >= 0.3 is 0 Å². The molecule has 1 rings (SSSR count). The average Bonchev–Trinajstić information content (AvgIpc) is 2.59. The molecule has 1 N–H and O–H groups in total. The second-order valence-corrected chi connectivity index (χ2v) is 4.26. The third kappa shape index (κ3) is 3.23. The molecule has 1 fully saturated rings. The van der Waals surface area contributed by atoms with E-state index >= 15 is 0 Å². The third-order valence-corrected chi connectivity index (χ3v) is 3.31. The summed E-state index contributed by atoms with van der Waals surface area (Å²) in [5.74, 6) is 0.668. The first kappa shape index (κ1) is 12.0. The summed E-state index contributed by atoms with van der Waals surface area (Å²) in [6.45, 7) is 8.36. The topological polar surface area (TPSA) is 30.5 Å². The highest BCUT2D eigenvalue weighted by atomic mass is 16.5. The maximum atomic E-state index is 5.51. The second-order valence-electron chi connectivity index (χ2n) is 4.26. The Balaban J connectivity index is 2.19. The summed E-state index contributed by atoms with van der Waals surface area (Å²) in [5.41, 5.74) is 0. The fourth-order valence-corrected chi connectivity index (χ4v) is 1.75. The quantitative estimate of drug-likeness (QED) is 0.730. The van der Waals surface area contributed by atoms with E-state index in [1.807, 2.05) is 0 Å². The van der Waals surface area contributed by atoms with E-state index in [9.17, 15) is 0 Å². The van der Waals surface area contributed by atoms with Crippen molar-refractivity contribution < 1.29 is 9.47 Å². The maximum Gasteiger partial charge on any atom is 0.0693 e. The van der Waals surface area contributed by atoms with Gasteiger partial charge in [0.2, 0.25) is 0 Å². The van der Waals surface area contributed by atoms with Crippen LogP contribution >= 0.6 is 0 Å². The number of ether oxygens (including phenoxy) is 2. The molecule has 3 nitrogen and oxygen atoms in total. The van der Waals surface area contributed by atoms with Crippen LogP contribution in [0.15, 0.2) is 0 Å². The van der Waals surface area contributed by atoms with E-state index < -0.39 is 0 Å². The highest BCUT2D eigenvalue weighted by molar-refractivity contribution is 4.77. The monoisotopic (exact) mass is 201 g/mol. The van der Waals surface area contributed by atoms with E-state index in [0.717, 1.165) is 13.2 Å². The first-order valence-corrected chi connectivity index (χ1v) is 5.53. The van der Waals surface area contributed by atoms with Gasteiger partial charge in [-0.25, -0.2) is 0 Å². The lowest BCUT2D eigenvalue weighted by molar-refractivity contribution is 0.0803. The molecule has 1 aliphatic rings. The lowest BCUT2D eigenvalue weighted by atomic mass is 10.0. The van der Waals surface area contributed by atoms with Gasteiger partial charge in [-0.05, 0) is 33.1 Å². The molecule has 0 saturated carbocycles. The van der Waals surface area contributed by atoms with Crippen LogP contribution in [0.5, 0.6) is 0 Å². The minimum atomic E-state index is 0.271. The summed E-state index contributed by atoms with van der Waals surface area (Å²) in [6.07, 6.45) is 1.86. The van der Waals surface area contributed by atoms with Crippen molar-refractivity contribution >= 4 is 0 Å². The lowest BCUT2D eigenvalue weighted by Crippen LogP contribution is -2.40. The van der Waals surface area contributed by atoms with Gasteiger partial charge in [0, 0.05) is 26.3 Å². The van der Waals surface area contributed by atoms with Crippen molar-refractivity contribution in [3.05, 3.63) is 0 Å². The predicted molar refractivity (Wildman–Crippen MR) is 57.5 cm³/mol. The van der Waals surface area contributed by atoms with Crippen molar-refractivity contribution in [2.75, 3.05) is 20.3 Å². The zero-order chi connectivity index (χ0) is 10.6. The van der Waals surface area contributed by atoms with Gasteiger partial charge in [0.25, 0.3) is 0 Å². The molecule has 0 radical (unpaired) electrons. The highest BCUT2D eigenvalue weighted by Crippen LogP contribution is 2.19. The minimum Gasteiger partial charge on any atom is -0.380 e. The highest BCUT2D eigenvalue weighted by Gasteiger charge is 2.24. The summed E-state index contributed by atoms with van der Waals surface area (Å²) in [7, 11) is 1.75. The van der Waals surface area contributed by atoms with Crippen LogP contribution in [0.3, 0.4) is 0 Å².